The maximum atomic E-state index is 12.4. The molecule has 1 aromatic carbocycles. The molecule has 1 aromatic heterocycles. The molecule has 4 N–H and O–H groups in total. The van der Waals surface area contributed by atoms with Gasteiger partial charge in [0.2, 0.25) is 5.95 Å². The lowest BCUT2D eigenvalue weighted by molar-refractivity contribution is -0.0300. The number of aromatic nitrogens is 2. The third-order valence-corrected chi connectivity index (χ3v) is 5.74. The number of aliphatic hydroxyl groups is 2. The number of nitrogens with one attached hydrogen (secondary N) is 2. The summed E-state index contributed by atoms with van der Waals surface area (Å²) in [6, 6.07) is 5.61. The topological polar surface area (TPSA) is 107 Å². The number of rotatable bonds is 5. The first-order valence-corrected chi connectivity index (χ1v) is 9.73. The van der Waals surface area contributed by atoms with Crippen LogP contribution in [-0.2, 0) is 0 Å². The minimum absolute atomic E-state index is 0.195. The van der Waals surface area contributed by atoms with Crippen LogP contribution in [-0.4, -0.2) is 50.4 Å². The van der Waals surface area contributed by atoms with Crippen LogP contribution in [0.1, 0.15) is 55.3 Å². The molecule has 0 unspecified atom stereocenters. The molecule has 1 heterocycles. The Morgan fingerprint density at radius 2 is 2.00 bits per heavy atom. The smallest absolute Gasteiger partial charge is 0.251 e. The van der Waals surface area contributed by atoms with Crippen molar-refractivity contribution in [2.24, 2.45) is 0 Å². The highest BCUT2D eigenvalue weighted by Crippen LogP contribution is 2.30. The monoisotopic (exact) mass is 370 g/mol. The summed E-state index contributed by atoms with van der Waals surface area (Å²) in [5.74, 6) is 0.344. The van der Waals surface area contributed by atoms with Gasteiger partial charge in [0, 0.05) is 29.7 Å². The lowest BCUT2D eigenvalue weighted by Gasteiger charge is -2.36. The van der Waals surface area contributed by atoms with Gasteiger partial charge < -0.3 is 20.8 Å². The number of amides is 1. The Labute approximate surface area is 158 Å². The second kappa shape index (κ2) is 7.40. The SMILES string of the molecule is O=C(NCC1(O)CCC1)c1ccc2cnc(NC3CCC(O)CC3)nc2c1. The van der Waals surface area contributed by atoms with Crippen molar-refractivity contribution in [3.63, 3.8) is 0 Å². The van der Waals surface area contributed by atoms with Crippen LogP contribution in [0.5, 0.6) is 0 Å². The van der Waals surface area contributed by atoms with E-state index in [1.165, 1.54) is 0 Å². The van der Waals surface area contributed by atoms with E-state index < -0.39 is 5.60 Å². The summed E-state index contributed by atoms with van der Waals surface area (Å²) < 4.78 is 0. The van der Waals surface area contributed by atoms with Crippen molar-refractivity contribution in [3.05, 3.63) is 30.0 Å². The molecule has 0 aliphatic heterocycles. The Morgan fingerprint density at radius 3 is 2.70 bits per heavy atom. The van der Waals surface area contributed by atoms with Gasteiger partial charge in [-0.15, -0.1) is 0 Å². The molecule has 0 radical (unpaired) electrons. The second-order valence-corrected chi connectivity index (χ2v) is 7.88. The fraction of sp³-hybridized carbons (Fsp3) is 0.550. The number of carbonyl (C=O) groups is 1. The molecule has 0 spiro atoms. The molecule has 7 nitrogen and oxygen atoms in total. The molecule has 144 valence electrons. The first-order valence-electron chi connectivity index (χ1n) is 9.73. The van der Waals surface area contributed by atoms with Crippen molar-refractivity contribution in [3.8, 4) is 0 Å². The maximum Gasteiger partial charge on any atom is 0.251 e. The van der Waals surface area contributed by atoms with Gasteiger partial charge in [-0.1, -0.05) is 6.07 Å². The van der Waals surface area contributed by atoms with Gasteiger partial charge in [-0.05, 0) is 57.1 Å². The molecule has 27 heavy (non-hydrogen) atoms. The van der Waals surface area contributed by atoms with Crippen molar-refractivity contribution in [1.29, 1.82) is 0 Å². The highest BCUT2D eigenvalue weighted by atomic mass is 16.3. The van der Waals surface area contributed by atoms with Gasteiger partial charge in [-0.25, -0.2) is 9.97 Å². The Kier molecular flexibility index (Phi) is 4.97. The summed E-state index contributed by atoms with van der Waals surface area (Å²) >= 11 is 0. The molecular formula is C20H26N4O3. The highest BCUT2D eigenvalue weighted by molar-refractivity contribution is 5.97. The van der Waals surface area contributed by atoms with Crippen molar-refractivity contribution in [1.82, 2.24) is 15.3 Å². The summed E-state index contributed by atoms with van der Waals surface area (Å²) in [4.78, 5) is 21.3. The molecule has 7 heteroatoms. The molecule has 1 amide bonds. The maximum absolute atomic E-state index is 12.4. The Bertz CT molecular complexity index is 829. The molecule has 0 saturated heterocycles. The minimum Gasteiger partial charge on any atom is -0.393 e. The number of anilines is 1. The number of carbonyl (C=O) groups excluding carboxylic acids is 1. The molecule has 2 aliphatic carbocycles. The van der Waals surface area contributed by atoms with E-state index in [0.29, 0.717) is 17.0 Å². The first kappa shape index (κ1) is 18.1. The van der Waals surface area contributed by atoms with Crippen molar-refractivity contribution >= 4 is 22.8 Å². The fourth-order valence-electron chi connectivity index (χ4n) is 3.75. The molecule has 2 saturated carbocycles. The van der Waals surface area contributed by atoms with Gasteiger partial charge in [-0.2, -0.15) is 0 Å². The summed E-state index contributed by atoms with van der Waals surface area (Å²) in [6.07, 6.45) is 7.43. The lowest BCUT2D eigenvalue weighted by atomic mass is 9.80. The largest absolute Gasteiger partial charge is 0.393 e. The van der Waals surface area contributed by atoms with Crippen molar-refractivity contribution < 1.29 is 15.0 Å². The van der Waals surface area contributed by atoms with Crippen LogP contribution in [0.2, 0.25) is 0 Å². The third kappa shape index (κ3) is 4.20. The Hall–Kier alpha value is -2.25. The van der Waals surface area contributed by atoms with Crippen LogP contribution in [0.25, 0.3) is 10.9 Å². The standard InChI is InChI=1S/C20H26N4O3/c25-16-6-4-15(5-7-16)23-19-21-11-14-3-2-13(10-17(14)24-19)18(26)22-12-20(27)8-1-9-20/h2-3,10-11,15-16,25,27H,1,4-9,12H2,(H,22,26)(H,21,23,24). The van der Waals surface area contributed by atoms with E-state index in [2.05, 4.69) is 20.6 Å². The van der Waals surface area contributed by atoms with Gasteiger partial charge in [0.05, 0.1) is 17.2 Å². The van der Waals surface area contributed by atoms with E-state index in [-0.39, 0.29) is 24.6 Å². The zero-order valence-corrected chi connectivity index (χ0v) is 15.3. The predicted molar refractivity (Wildman–Crippen MR) is 103 cm³/mol. The molecule has 2 aromatic rings. The fourth-order valence-corrected chi connectivity index (χ4v) is 3.75. The summed E-state index contributed by atoms with van der Waals surface area (Å²) in [5, 5.41) is 26.8. The van der Waals surface area contributed by atoms with Gasteiger partial charge in [0.25, 0.3) is 5.91 Å². The molecule has 4 rings (SSSR count). The van der Waals surface area contributed by atoms with Gasteiger partial charge in [0.15, 0.2) is 0 Å². The average molecular weight is 370 g/mol. The number of hydrogen-bond acceptors (Lipinski definition) is 6. The van der Waals surface area contributed by atoms with Crippen LogP contribution in [0, 0.1) is 0 Å². The molecule has 2 aliphatic rings. The number of hydrogen-bond donors (Lipinski definition) is 4. The van der Waals surface area contributed by atoms with Crippen LogP contribution in [0.4, 0.5) is 5.95 Å². The number of fused-ring (bicyclic) bond motifs is 1. The van der Waals surface area contributed by atoms with E-state index in [1.54, 1.807) is 18.3 Å². The van der Waals surface area contributed by atoms with Crippen molar-refractivity contribution in [2.75, 3.05) is 11.9 Å². The zero-order chi connectivity index (χ0) is 18.9. The van der Waals surface area contributed by atoms with Crippen LogP contribution in [0.3, 0.4) is 0 Å². The Morgan fingerprint density at radius 1 is 1.22 bits per heavy atom. The summed E-state index contributed by atoms with van der Waals surface area (Å²) in [5.41, 5.74) is 0.494. The van der Waals surface area contributed by atoms with Crippen LogP contribution in [0.15, 0.2) is 24.4 Å². The number of nitrogens with zero attached hydrogens (tertiary/aromatic N) is 2. The number of aliphatic hydroxyl groups excluding tert-OH is 1. The van der Waals surface area contributed by atoms with E-state index in [4.69, 9.17) is 0 Å². The van der Waals surface area contributed by atoms with E-state index in [0.717, 1.165) is 50.3 Å². The van der Waals surface area contributed by atoms with E-state index in [1.807, 2.05) is 6.07 Å². The molecule has 0 atom stereocenters. The minimum atomic E-state index is -0.737. The van der Waals surface area contributed by atoms with Gasteiger partial charge >= 0.3 is 0 Å². The third-order valence-electron chi connectivity index (χ3n) is 5.74. The van der Waals surface area contributed by atoms with E-state index >= 15 is 0 Å². The molecule has 2 fully saturated rings. The highest BCUT2D eigenvalue weighted by Gasteiger charge is 2.34. The van der Waals surface area contributed by atoms with Crippen LogP contribution < -0.4 is 10.6 Å². The average Bonchev–Trinajstić information content (AvgIpc) is 2.66. The molecule has 0 bridgehead atoms. The summed E-state index contributed by atoms with van der Waals surface area (Å²) in [6.45, 7) is 0.286. The first-order chi connectivity index (χ1) is 13.0. The van der Waals surface area contributed by atoms with Gasteiger partial charge in [-0.3, -0.25) is 4.79 Å². The lowest BCUT2D eigenvalue weighted by Crippen LogP contribution is -2.47. The number of benzene rings is 1. The van der Waals surface area contributed by atoms with Crippen molar-refractivity contribution in [2.45, 2.75) is 62.7 Å². The normalized spacial score (nSPS) is 24.2. The quantitative estimate of drug-likeness (QED) is 0.641. The molecular weight excluding hydrogens is 344 g/mol. The zero-order valence-electron chi connectivity index (χ0n) is 15.3. The van der Waals surface area contributed by atoms with E-state index in [9.17, 15) is 15.0 Å². The van der Waals surface area contributed by atoms with Gasteiger partial charge in [0.1, 0.15) is 0 Å². The second-order valence-electron chi connectivity index (χ2n) is 7.88. The van der Waals surface area contributed by atoms with Crippen LogP contribution >= 0.6 is 0 Å². The Balaban J connectivity index is 1.44. The summed E-state index contributed by atoms with van der Waals surface area (Å²) in [7, 11) is 0. The predicted octanol–water partition coefficient (Wildman–Crippen LogP) is 1.99.